The number of aromatic nitrogens is 3. The summed E-state index contributed by atoms with van der Waals surface area (Å²) in [6, 6.07) is 15.6. The van der Waals surface area contributed by atoms with Gasteiger partial charge in [-0.25, -0.2) is 4.98 Å². The fourth-order valence-electron chi connectivity index (χ4n) is 2.90. The maximum Gasteiger partial charge on any atom is 0.291 e. The lowest BCUT2D eigenvalue weighted by Crippen LogP contribution is -2.15. The van der Waals surface area contributed by atoms with Gasteiger partial charge in [0, 0.05) is 22.5 Å². The number of amides is 2. The minimum atomic E-state index is -0.379. The Morgan fingerprint density at radius 1 is 0.967 bits per heavy atom. The first-order chi connectivity index (χ1) is 14.5. The first kappa shape index (κ1) is 19.1. The summed E-state index contributed by atoms with van der Waals surface area (Å²) in [4.78, 5) is 29.3. The van der Waals surface area contributed by atoms with Crippen LogP contribution in [0.1, 0.15) is 32.3 Å². The Balaban J connectivity index is 1.52. The lowest BCUT2D eigenvalue weighted by molar-refractivity contribution is 0.0993. The molecule has 0 aliphatic heterocycles. The van der Waals surface area contributed by atoms with E-state index < -0.39 is 0 Å². The molecule has 0 aliphatic rings. The van der Waals surface area contributed by atoms with Gasteiger partial charge >= 0.3 is 0 Å². The Morgan fingerprint density at radius 3 is 2.57 bits per heavy atom. The number of benzene rings is 2. The molecule has 0 aliphatic carbocycles. The minimum Gasteiger partial charge on any atom is -0.459 e. The van der Waals surface area contributed by atoms with Crippen molar-refractivity contribution in [2.75, 3.05) is 10.6 Å². The summed E-state index contributed by atoms with van der Waals surface area (Å²) < 4.78 is 5.11. The third-order valence-electron chi connectivity index (χ3n) is 4.47. The highest BCUT2D eigenvalue weighted by molar-refractivity contribution is 6.07. The second-order valence-corrected chi connectivity index (χ2v) is 6.74. The van der Waals surface area contributed by atoms with Crippen LogP contribution in [-0.4, -0.2) is 27.0 Å². The maximum atomic E-state index is 12.8. The van der Waals surface area contributed by atoms with E-state index in [9.17, 15) is 9.59 Å². The van der Waals surface area contributed by atoms with E-state index in [2.05, 4.69) is 25.8 Å². The number of H-pyrrole nitrogens is 1. The standard InChI is InChI=1S/C22H19N5O3/c1-13-8-9-16(12-18(13)25-22(29)19-7-4-10-30-19)21(28)24-17-6-3-5-15(11-17)20-23-14(2)26-27-20/h3-12H,1-2H3,(H,24,28)(H,25,29)(H,23,26,27). The van der Waals surface area contributed by atoms with Crippen molar-refractivity contribution in [3.8, 4) is 11.4 Å². The van der Waals surface area contributed by atoms with Crippen LogP contribution in [0.4, 0.5) is 11.4 Å². The van der Waals surface area contributed by atoms with Crippen LogP contribution < -0.4 is 10.6 Å². The Bertz CT molecular complexity index is 1210. The molecule has 0 bridgehead atoms. The van der Waals surface area contributed by atoms with Gasteiger partial charge in [0.15, 0.2) is 11.6 Å². The Morgan fingerprint density at radius 2 is 1.83 bits per heavy atom. The van der Waals surface area contributed by atoms with Gasteiger partial charge in [-0.1, -0.05) is 18.2 Å². The summed E-state index contributed by atoms with van der Waals surface area (Å²) in [6.07, 6.45) is 1.43. The molecule has 0 atom stereocenters. The number of aryl methyl sites for hydroxylation is 2. The quantitative estimate of drug-likeness (QED) is 0.464. The topological polar surface area (TPSA) is 113 Å². The number of hydrogen-bond donors (Lipinski definition) is 3. The minimum absolute atomic E-state index is 0.197. The number of carbonyl (C=O) groups is 2. The highest BCUT2D eigenvalue weighted by Gasteiger charge is 2.14. The van der Waals surface area contributed by atoms with Crippen molar-refractivity contribution in [1.29, 1.82) is 0 Å². The SMILES string of the molecule is Cc1nc(-c2cccc(NC(=O)c3ccc(C)c(NC(=O)c4ccco4)c3)c2)n[nH]1. The van der Waals surface area contributed by atoms with E-state index in [1.165, 1.54) is 6.26 Å². The van der Waals surface area contributed by atoms with Crippen molar-refractivity contribution < 1.29 is 14.0 Å². The van der Waals surface area contributed by atoms with E-state index in [4.69, 9.17) is 4.42 Å². The molecule has 2 heterocycles. The number of rotatable bonds is 5. The molecule has 4 rings (SSSR count). The van der Waals surface area contributed by atoms with E-state index in [0.29, 0.717) is 28.6 Å². The van der Waals surface area contributed by atoms with Crippen LogP contribution in [-0.2, 0) is 0 Å². The van der Waals surface area contributed by atoms with Gasteiger partial charge in [-0.05, 0) is 55.8 Å². The number of aromatic amines is 1. The molecule has 0 saturated heterocycles. The molecular formula is C22H19N5O3. The number of carbonyl (C=O) groups excluding carboxylic acids is 2. The molecule has 3 N–H and O–H groups in total. The molecule has 4 aromatic rings. The van der Waals surface area contributed by atoms with Gasteiger partial charge in [0.2, 0.25) is 0 Å². The number of anilines is 2. The van der Waals surface area contributed by atoms with Crippen molar-refractivity contribution in [3.05, 3.63) is 83.6 Å². The van der Waals surface area contributed by atoms with Crippen LogP contribution >= 0.6 is 0 Å². The molecule has 30 heavy (non-hydrogen) atoms. The molecule has 2 aromatic carbocycles. The molecule has 0 radical (unpaired) electrons. The maximum absolute atomic E-state index is 12.8. The molecular weight excluding hydrogens is 382 g/mol. The Hall–Kier alpha value is -4.20. The third kappa shape index (κ3) is 4.12. The van der Waals surface area contributed by atoms with Gasteiger partial charge in [0.05, 0.1) is 6.26 Å². The molecule has 0 unspecified atom stereocenters. The van der Waals surface area contributed by atoms with Crippen LogP contribution in [0.2, 0.25) is 0 Å². The Labute approximate surface area is 172 Å². The van der Waals surface area contributed by atoms with E-state index in [-0.39, 0.29) is 17.6 Å². The summed E-state index contributed by atoms with van der Waals surface area (Å²) in [6.45, 7) is 3.67. The van der Waals surface area contributed by atoms with Gasteiger partial charge in [0.25, 0.3) is 11.8 Å². The summed E-state index contributed by atoms with van der Waals surface area (Å²) in [7, 11) is 0. The lowest BCUT2D eigenvalue weighted by Gasteiger charge is -2.11. The number of hydrogen-bond acceptors (Lipinski definition) is 5. The number of nitrogens with one attached hydrogen (secondary N) is 3. The van der Waals surface area contributed by atoms with E-state index in [0.717, 1.165) is 11.1 Å². The molecule has 8 nitrogen and oxygen atoms in total. The zero-order valence-electron chi connectivity index (χ0n) is 16.4. The van der Waals surface area contributed by atoms with Crippen molar-refractivity contribution in [2.24, 2.45) is 0 Å². The lowest BCUT2D eigenvalue weighted by atomic mass is 10.1. The van der Waals surface area contributed by atoms with Crippen LogP contribution in [0, 0.1) is 13.8 Å². The number of furan rings is 1. The monoisotopic (exact) mass is 401 g/mol. The fraction of sp³-hybridized carbons (Fsp3) is 0.0909. The Kier molecular flexibility index (Phi) is 5.13. The summed E-state index contributed by atoms with van der Waals surface area (Å²) >= 11 is 0. The highest BCUT2D eigenvalue weighted by Crippen LogP contribution is 2.22. The van der Waals surface area contributed by atoms with Crippen LogP contribution in [0.5, 0.6) is 0 Å². The zero-order valence-corrected chi connectivity index (χ0v) is 16.4. The van der Waals surface area contributed by atoms with Crippen molar-refractivity contribution in [3.63, 3.8) is 0 Å². The summed E-state index contributed by atoms with van der Waals surface area (Å²) in [5.41, 5.74) is 3.17. The van der Waals surface area contributed by atoms with Gasteiger partial charge in [0.1, 0.15) is 5.82 Å². The smallest absolute Gasteiger partial charge is 0.291 e. The molecule has 0 spiro atoms. The van der Waals surface area contributed by atoms with Gasteiger partial charge in [-0.3, -0.25) is 14.7 Å². The van der Waals surface area contributed by atoms with Gasteiger partial charge in [-0.15, -0.1) is 0 Å². The average Bonchev–Trinajstić information content (AvgIpc) is 3.42. The molecule has 150 valence electrons. The molecule has 0 saturated carbocycles. The second kappa shape index (κ2) is 8.04. The van der Waals surface area contributed by atoms with Crippen LogP contribution in [0.3, 0.4) is 0 Å². The van der Waals surface area contributed by atoms with Gasteiger partial charge < -0.3 is 15.1 Å². The van der Waals surface area contributed by atoms with E-state index in [1.54, 1.807) is 42.5 Å². The zero-order chi connectivity index (χ0) is 21.1. The highest BCUT2D eigenvalue weighted by atomic mass is 16.3. The average molecular weight is 401 g/mol. The molecule has 2 amide bonds. The second-order valence-electron chi connectivity index (χ2n) is 6.74. The van der Waals surface area contributed by atoms with Crippen molar-refractivity contribution in [1.82, 2.24) is 15.2 Å². The van der Waals surface area contributed by atoms with Crippen molar-refractivity contribution in [2.45, 2.75) is 13.8 Å². The largest absolute Gasteiger partial charge is 0.459 e. The third-order valence-corrected chi connectivity index (χ3v) is 4.47. The first-order valence-corrected chi connectivity index (χ1v) is 9.26. The molecule has 2 aromatic heterocycles. The van der Waals surface area contributed by atoms with Gasteiger partial charge in [-0.2, -0.15) is 5.10 Å². The normalized spacial score (nSPS) is 10.6. The predicted octanol–water partition coefficient (Wildman–Crippen LogP) is 4.19. The summed E-state index contributed by atoms with van der Waals surface area (Å²) in [5, 5.41) is 12.6. The fourth-order valence-corrected chi connectivity index (χ4v) is 2.90. The van der Waals surface area contributed by atoms with Crippen molar-refractivity contribution >= 4 is 23.2 Å². The van der Waals surface area contributed by atoms with Crippen LogP contribution in [0.25, 0.3) is 11.4 Å². The number of nitrogens with zero attached hydrogens (tertiary/aromatic N) is 2. The van der Waals surface area contributed by atoms with E-state index >= 15 is 0 Å². The summed E-state index contributed by atoms with van der Waals surface area (Å²) in [5.74, 6) is 0.787. The molecule has 8 heteroatoms. The first-order valence-electron chi connectivity index (χ1n) is 9.26. The molecule has 0 fully saturated rings. The van der Waals surface area contributed by atoms with E-state index in [1.807, 2.05) is 26.0 Å². The van der Waals surface area contributed by atoms with Crippen LogP contribution in [0.15, 0.2) is 65.3 Å². The predicted molar refractivity (Wildman–Crippen MR) is 112 cm³/mol.